The molecular formula is C17H11Cl3N2O3. The molecule has 0 heterocycles. The Labute approximate surface area is 159 Å². The molecule has 2 aromatic rings. The van der Waals surface area contributed by atoms with Crippen LogP contribution in [0.15, 0.2) is 36.4 Å². The minimum atomic E-state index is -0.656. The van der Waals surface area contributed by atoms with Gasteiger partial charge in [0.05, 0.1) is 17.7 Å². The summed E-state index contributed by atoms with van der Waals surface area (Å²) >= 11 is 17.8. The SMILES string of the molecule is N#Cc1ccc(Cl)cc1NC(=O)COC(=O)Cc1c(Cl)cccc1Cl. The standard InChI is InChI=1S/C17H11Cl3N2O3/c18-11-5-4-10(8-21)15(6-11)22-16(23)9-25-17(24)7-12-13(19)2-1-3-14(12)20/h1-6H,7,9H2,(H,22,23). The van der Waals surface area contributed by atoms with Crippen molar-refractivity contribution >= 4 is 52.4 Å². The summed E-state index contributed by atoms with van der Waals surface area (Å²) in [4.78, 5) is 23.7. The van der Waals surface area contributed by atoms with Crippen LogP contribution in [0.1, 0.15) is 11.1 Å². The number of carbonyl (C=O) groups excluding carboxylic acids is 2. The molecule has 0 saturated carbocycles. The number of anilines is 1. The first-order valence-corrected chi connectivity index (χ1v) is 8.12. The van der Waals surface area contributed by atoms with E-state index in [9.17, 15) is 9.59 Å². The van der Waals surface area contributed by atoms with E-state index in [0.717, 1.165) is 0 Å². The number of benzene rings is 2. The average molecular weight is 398 g/mol. The van der Waals surface area contributed by atoms with Gasteiger partial charge < -0.3 is 10.1 Å². The Bertz CT molecular complexity index is 842. The normalized spacial score (nSPS) is 10.0. The number of hydrogen-bond acceptors (Lipinski definition) is 4. The van der Waals surface area contributed by atoms with E-state index in [0.29, 0.717) is 20.6 Å². The van der Waals surface area contributed by atoms with Gasteiger partial charge in [0.2, 0.25) is 0 Å². The number of nitriles is 1. The van der Waals surface area contributed by atoms with Gasteiger partial charge in [-0.2, -0.15) is 5.26 Å². The van der Waals surface area contributed by atoms with Crippen LogP contribution < -0.4 is 5.32 Å². The second-order valence-corrected chi connectivity index (χ2v) is 6.14. The summed E-state index contributed by atoms with van der Waals surface area (Å²) in [6.07, 6.45) is -0.160. The molecule has 0 atom stereocenters. The minimum Gasteiger partial charge on any atom is -0.455 e. The molecule has 25 heavy (non-hydrogen) atoms. The molecule has 0 bridgehead atoms. The fraction of sp³-hybridized carbons (Fsp3) is 0.118. The second-order valence-electron chi connectivity index (χ2n) is 4.89. The molecule has 0 unspecified atom stereocenters. The lowest BCUT2D eigenvalue weighted by molar-refractivity contribution is -0.146. The van der Waals surface area contributed by atoms with Crippen LogP contribution in [0.5, 0.6) is 0 Å². The van der Waals surface area contributed by atoms with Gasteiger partial charge in [-0.1, -0.05) is 40.9 Å². The zero-order chi connectivity index (χ0) is 18.4. The molecule has 1 amide bonds. The van der Waals surface area contributed by atoms with Gasteiger partial charge in [0.15, 0.2) is 6.61 Å². The van der Waals surface area contributed by atoms with Crippen molar-refractivity contribution in [2.45, 2.75) is 6.42 Å². The first-order valence-electron chi connectivity index (χ1n) is 6.98. The predicted molar refractivity (Wildman–Crippen MR) is 95.9 cm³/mol. The second kappa shape index (κ2) is 8.72. The van der Waals surface area contributed by atoms with Crippen molar-refractivity contribution < 1.29 is 14.3 Å². The topological polar surface area (TPSA) is 79.2 Å². The summed E-state index contributed by atoms with van der Waals surface area (Å²) < 4.78 is 4.91. The van der Waals surface area contributed by atoms with Crippen molar-refractivity contribution in [3.05, 3.63) is 62.6 Å². The van der Waals surface area contributed by atoms with Crippen LogP contribution >= 0.6 is 34.8 Å². The molecule has 0 radical (unpaired) electrons. The third-order valence-electron chi connectivity index (χ3n) is 3.12. The van der Waals surface area contributed by atoms with Crippen LogP contribution in [0.2, 0.25) is 15.1 Å². The maximum atomic E-state index is 11.9. The number of ether oxygens (including phenoxy) is 1. The van der Waals surface area contributed by atoms with Gasteiger partial charge in [0.25, 0.3) is 5.91 Å². The van der Waals surface area contributed by atoms with E-state index in [-0.39, 0.29) is 17.7 Å². The van der Waals surface area contributed by atoms with E-state index in [1.165, 1.54) is 18.2 Å². The Kier molecular flexibility index (Phi) is 6.65. The highest BCUT2D eigenvalue weighted by Crippen LogP contribution is 2.25. The van der Waals surface area contributed by atoms with Gasteiger partial charge in [-0.3, -0.25) is 9.59 Å². The van der Waals surface area contributed by atoms with Crippen molar-refractivity contribution in [1.29, 1.82) is 5.26 Å². The van der Waals surface area contributed by atoms with Crippen LogP contribution in [0.3, 0.4) is 0 Å². The van der Waals surface area contributed by atoms with Crippen LogP contribution in [0.4, 0.5) is 5.69 Å². The Morgan fingerprint density at radius 2 is 1.80 bits per heavy atom. The zero-order valence-electron chi connectivity index (χ0n) is 12.7. The molecule has 0 aliphatic heterocycles. The van der Waals surface area contributed by atoms with E-state index in [2.05, 4.69) is 5.32 Å². The lowest BCUT2D eigenvalue weighted by Gasteiger charge is -2.09. The number of amides is 1. The molecule has 5 nitrogen and oxygen atoms in total. The Balaban J connectivity index is 1.93. The highest BCUT2D eigenvalue weighted by Gasteiger charge is 2.14. The predicted octanol–water partition coefficient (Wildman–Crippen LogP) is 4.24. The summed E-state index contributed by atoms with van der Waals surface area (Å²) in [6, 6.07) is 11.2. The van der Waals surface area contributed by atoms with E-state index >= 15 is 0 Å². The molecule has 0 aliphatic rings. The maximum absolute atomic E-state index is 11.9. The third-order valence-corrected chi connectivity index (χ3v) is 4.07. The molecule has 8 heteroatoms. The summed E-state index contributed by atoms with van der Waals surface area (Å²) in [5.41, 5.74) is 0.912. The molecular weight excluding hydrogens is 387 g/mol. The van der Waals surface area contributed by atoms with Crippen molar-refractivity contribution in [3.63, 3.8) is 0 Å². The first kappa shape index (κ1) is 19.1. The molecule has 0 fully saturated rings. The monoisotopic (exact) mass is 396 g/mol. The van der Waals surface area contributed by atoms with Gasteiger partial charge in [-0.15, -0.1) is 0 Å². The Hall–Kier alpha value is -2.26. The van der Waals surface area contributed by atoms with E-state index in [1.54, 1.807) is 18.2 Å². The Morgan fingerprint density at radius 1 is 1.12 bits per heavy atom. The fourth-order valence-electron chi connectivity index (χ4n) is 1.95. The quantitative estimate of drug-likeness (QED) is 0.765. The molecule has 2 rings (SSSR count). The van der Waals surface area contributed by atoms with E-state index in [1.807, 2.05) is 6.07 Å². The molecule has 128 valence electrons. The highest BCUT2D eigenvalue weighted by atomic mass is 35.5. The van der Waals surface area contributed by atoms with Crippen molar-refractivity contribution in [2.75, 3.05) is 11.9 Å². The van der Waals surface area contributed by atoms with Gasteiger partial charge in [0, 0.05) is 20.6 Å². The molecule has 0 spiro atoms. The van der Waals surface area contributed by atoms with Crippen molar-refractivity contribution in [2.24, 2.45) is 0 Å². The molecule has 2 aromatic carbocycles. The largest absolute Gasteiger partial charge is 0.455 e. The number of hydrogen-bond donors (Lipinski definition) is 1. The molecule has 0 aliphatic carbocycles. The zero-order valence-corrected chi connectivity index (χ0v) is 15.0. The third kappa shape index (κ3) is 5.36. The average Bonchev–Trinajstić information content (AvgIpc) is 2.57. The van der Waals surface area contributed by atoms with Gasteiger partial charge in [-0.05, 0) is 30.3 Å². The van der Waals surface area contributed by atoms with E-state index < -0.39 is 18.5 Å². The fourth-order valence-corrected chi connectivity index (χ4v) is 2.65. The van der Waals surface area contributed by atoms with Crippen molar-refractivity contribution in [3.8, 4) is 6.07 Å². The maximum Gasteiger partial charge on any atom is 0.310 e. The van der Waals surface area contributed by atoms with Crippen LogP contribution in [0.25, 0.3) is 0 Å². The molecule has 0 aromatic heterocycles. The van der Waals surface area contributed by atoms with Gasteiger partial charge >= 0.3 is 5.97 Å². The number of rotatable bonds is 5. The molecule has 1 N–H and O–H groups in total. The minimum absolute atomic E-state index is 0.160. The van der Waals surface area contributed by atoms with Crippen LogP contribution in [-0.2, 0) is 20.7 Å². The Morgan fingerprint density at radius 3 is 2.44 bits per heavy atom. The van der Waals surface area contributed by atoms with Gasteiger partial charge in [-0.25, -0.2) is 0 Å². The van der Waals surface area contributed by atoms with Crippen LogP contribution in [-0.4, -0.2) is 18.5 Å². The number of nitrogens with zero attached hydrogens (tertiary/aromatic N) is 1. The summed E-state index contributed by atoms with van der Waals surface area (Å²) in [6.45, 7) is -0.516. The lowest BCUT2D eigenvalue weighted by Crippen LogP contribution is -2.22. The number of halogens is 3. The summed E-state index contributed by atoms with van der Waals surface area (Å²) in [5.74, 6) is -1.26. The lowest BCUT2D eigenvalue weighted by atomic mass is 10.1. The number of carbonyl (C=O) groups is 2. The van der Waals surface area contributed by atoms with E-state index in [4.69, 9.17) is 44.8 Å². The first-order chi connectivity index (χ1) is 11.9. The van der Waals surface area contributed by atoms with Gasteiger partial charge in [0.1, 0.15) is 6.07 Å². The number of esters is 1. The smallest absolute Gasteiger partial charge is 0.310 e. The summed E-state index contributed by atoms with van der Waals surface area (Å²) in [7, 11) is 0. The summed E-state index contributed by atoms with van der Waals surface area (Å²) in [5, 5.41) is 12.5. The highest BCUT2D eigenvalue weighted by molar-refractivity contribution is 6.36. The molecule has 0 saturated heterocycles. The number of nitrogens with one attached hydrogen (secondary N) is 1. The van der Waals surface area contributed by atoms with Crippen molar-refractivity contribution in [1.82, 2.24) is 0 Å². The van der Waals surface area contributed by atoms with Crippen LogP contribution in [0, 0.1) is 11.3 Å².